The second-order valence-electron chi connectivity index (χ2n) is 4.16. The minimum atomic E-state index is -3.18. The first kappa shape index (κ1) is 15.4. The zero-order valence-electron chi connectivity index (χ0n) is 10.7. The smallest absolute Gasteiger partial charge is 0.214 e. The maximum absolute atomic E-state index is 11.9. The van der Waals surface area contributed by atoms with Gasteiger partial charge in [-0.15, -0.1) is 0 Å². The fraction of sp³-hybridized carbons (Fsp3) is 0.500. The lowest BCUT2D eigenvalue weighted by Crippen LogP contribution is -2.29. The van der Waals surface area contributed by atoms with Gasteiger partial charge in [-0.05, 0) is 37.7 Å². The van der Waals surface area contributed by atoms with Crippen LogP contribution in [0.3, 0.4) is 0 Å². The van der Waals surface area contributed by atoms with Gasteiger partial charge in [0.2, 0.25) is 10.0 Å². The summed E-state index contributed by atoms with van der Waals surface area (Å²) in [4.78, 5) is 0. The first-order chi connectivity index (χ1) is 8.45. The monoisotopic (exact) mass is 290 g/mol. The van der Waals surface area contributed by atoms with Crippen LogP contribution in [0.15, 0.2) is 24.3 Å². The number of halogens is 1. The van der Waals surface area contributed by atoms with Crippen molar-refractivity contribution >= 4 is 21.6 Å². The molecule has 1 N–H and O–H groups in total. The molecule has 0 saturated heterocycles. The van der Waals surface area contributed by atoms with Crippen molar-refractivity contribution in [2.75, 3.05) is 26.4 Å². The number of nitrogens with zero attached hydrogens (tertiary/aromatic N) is 1. The van der Waals surface area contributed by atoms with Crippen molar-refractivity contribution in [3.05, 3.63) is 34.9 Å². The molecule has 0 aliphatic rings. The molecular weight excluding hydrogens is 272 g/mol. The van der Waals surface area contributed by atoms with Gasteiger partial charge in [0, 0.05) is 18.6 Å². The summed E-state index contributed by atoms with van der Waals surface area (Å²) in [5, 5.41) is 3.59. The van der Waals surface area contributed by atoms with Crippen molar-refractivity contribution in [1.29, 1.82) is 0 Å². The molecule has 0 fully saturated rings. The van der Waals surface area contributed by atoms with Crippen LogP contribution in [0.2, 0.25) is 5.02 Å². The summed E-state index contributed by atoms with van der Waals surface area (Å²) < 4.78 is 25.3. The summed E-state index contributed by atoms with van der Waals surface area (Å²) in [6.45, 7) is 1.08. The van der Waals surface area contributed by atoms with E-state index in [1.807, 2.05) is 19.2 Å². The molecule has 0 heterocycles. The number of sulfonamides is 1. The van der Waals surface area contributed by atoms with Crippen LogP contribution in [0, 0.1) is 0 Å². The zero-order valence-corrected chi connectivity index (χ0v) is 12.3. The van der Waals surface area contributed by atoms with Crippen molar-refractivity contribution in [1.82, 2.24) is 9.62 Å². The van der Waals surface area contributed by atoms with Gasteiger partial charge in [0.05, 0.1) is 5.75 Å². The molecule has 0 aliphatic heterocycles. The molecule has 0 aliphatic carbocycles. The van der Waals surface area contributed by atoms with Crippen molar-refractivity contribution < 1.29 is 8.42 Å². The number of hydrogen-bond acceptors (Lipinski definition) is 3. The largest absolute Gasteiger partial charge is 0.320 e. The molecular formula is C12H19ClN2O2S. The van der Waals surface area contributed by atoms with Gasteiger partial charge in [0.25, 0.3) is 0 Å². The van der Waals surface area contributed by atoms with Crippen LogP contribution < -0.4 is 5.32 Å². The fourth-order valence-electron chi connectivity index (χ4n) is 1.53. The number of nitrogens with one attached hydrogen (secondary N) is 1. The van der Waals surface area contributed by atoms with E-state index in [0.29, 0.717) is 24.5 Å². The molecule has 1 rings (SSSR count). The molecule has 0 atom stereocenters. The number of hydrogen-bond donors (Lipinski definition) is 1. The molecule has 6 heteroatoms. The maximum Gasteiger partial charge on any atom is 0.214 e. The molecule has 0 amide bonds. The van der Waals surface area contributed by atoms with Gasteiger partial charge in [0.15, 0.2) is 0 Å². The maximum atomic E-state index is 11.9. The fourth-order valence-corrected chi connectivity index (χ4v) is 2.83. The summed E-state index contributed by atoms with van der Waals surface area (Å²) in [6.07, 6.45) is 0.615. The van der Waals surface area contributed by atoms with E-state index in [1.54, 1.807) is 19.2 Å². The second-order valence-corrected chi connectivity index (χ2v) is 6.79. The molecule has 0 saturated carbocycles. The third kappa shape index (κ3) is 4.94. The molecule has 0 spiro atoms. The minimum absolute atomic E-state index is 0.165. The average Bonchev–Trinajstić information content (AvgIpc) is 2.32. The Morgan fingerprint density at radius 1 is 1.28 bits per heavy atom. The molecule has 1 aromatic rings. The summed E-state index contributed by atoms with van der Waals surface area (Å²) in [7, 11) is 0.230. The van der Waals surface area contributed by atoms with E-state index < -0.39 is 10.0 Å². The van der Waals surface area contributed by atoms with Crippen molar-refractivity contribution in [3.8, 4) is 0 Å². The summed E-state index contributed by atoms with van der Waals surface area (Å²) in [5.74, 6) is 0.165. The summed E-state index contributed by atoms with van der Waals surface area (Å²) in [5.41, 5.74) is 0.930. The van der Waals surface area contributed by atoms with Gasteiger partial charge in [-0.1, -0.05) is 23.7 Å². The standard InChI is InChI=1S/C12H19ClN2O2S/c1-14-8-3-9-18(16,17)15(2)10-11-4-6-12(13)7-5-11/h4-7,14H,3,8-10H2,1-2H3. The van der Waals surface area contributed by atoms with Gasteiger partial charge >= 0.3 is 0 Å². The quantitative estimate of drug-likeness (QED) is 0.778. The van der Waals surface area contributed by atoms with Crippen LogP contribution in [0.4, 0.5) is 0 Å². The molecule has 0 radical (unpaired) electrons. The van der Waals surface area contributed by atoms with Crippen molar-refractivity contribution in [2.24, 2.45) is 0 Å². The van der Waals surface area contributed by atoms with Crippen molar-refractivity contribution in [2.45, 2.75) is 13.0 Å². The number of benzene rings is 1. The van der Waals surface area contributed by atoms with E-state index in [9.17, 15) is 8.42 Å². The molecule has 0 bridgehead atoms. The Labute approximate surface area is 114 Å². The molecule has 18 heavy (non-hydrogen) atoms. The van der Waals surface area contributed by atoms with Crippen molar-refractivity contribution in [3.63, 3.8) is 0 Å². The van der Waals surface area contributed by atoms with Crippen LogP contribution in [0.5, 0.6) is 0 Å². The highest BCUT2D eigenvalue weighted by molar-refractivity contribution is 7.89. The SMILES string of the molecule is CNCCCS(=O)(=O)N(C)Cc1ccc(Cl)cc1. The highest BCUT2D eigenvalue weighted by Crippen LogP contribution is 2.12. The molecule has 1 aromatic carbocycles. The lowest BCUT2D eigenvalue weighted by Gasteiger charge is -2.17. The zero-order chi connectivity index (χ0) is 13.6. The summed E-state index contributed by atoms with van der Waals surface area (Å²) >= 11 is 5.78. The highest BCUT2D eigenvalue weighted by atomic mass is 35.5. The minimum Gasteiger partial charge on any atom is -0.320 e. The predicted molar refractivity (Wildman–Crippen MR) is 75.2 cm³/mol. The van der Waals surface area contributed by atoms with E-state index in [2.05, 4.69) is 5.32 Å². The predicted octanol–water partition coefficient (Wildman–Crippen LogP) is 1.71. The molecule has 4 nitrogen and oxygen atoms in total. The third-order valence-electron chi connectivity index (χ3n) is 2.62. The highest BCUT2D eigenvalue weighted by Gasteiger charge is 2.17. The van der Waals surface area contributed by atoms with E-state index >= 15 is 0 Å². The van der Waals surface area contributed by atoms with Crippen LogP contribution in [-0.4, -0.2) is 39.1 Å². The van der Waals surface area contributed by atoms with Gasteiger partial charge in [-0.3, -0.25) is 0 Å². The van der Waals surface area contributed by atoms with Gasteiger partial charge in [-0.25, -0.2) is 12.7 Å². The first-order valence-electron chi connectivity index (χ1n) is 5.79. The summed E-state index contributed by atoms with van der Waals surface area (Å²) in [6, 6.07) is 7.20. The lowest BCUT2D eigenvalue weighted by atomic mass is 10.2. The average molecular weight is 291 g/mol. The van der Waals surface area contributed by atoms with Gasteiger partial charge in [-0.2, -0.15) is 0 Å². The van der Waals surface area contributed by atoms with E-state index in [1.165, 1.54) is 4.31 Å². The normalized spacial score (nSPS) is 12.0. The molecule has 102 valence electrons. The van der Waals surface area contributed by atoms with Crippen LogP contribution in [-0.2, 0) is 16.6 Å². The second kappa shape index (κ2) is 7.09. The van der Waals surface area contributed by atoms with Crippen LogP contribution in [0.25, 0.3) is 0 Å². The Bertz CT molecular complexity index is 459. The Morgan fingerprint density at radius 2 is 1.89 bits per heavy atom. The lowest BCUT2D eigenvalue weighted by molar-refractivity contribution is 0.465. The Balaban J connectivity index is 2.58. The Kier molecular flexibility index (Phi) is 6.08. The van der Waals surface area contributed by atoms with Gasteiger partial charge in [0.1, 0.15) is 0 Å². The number of rotatable bonds is 7. The first-order valence-corrected chi connectivity index (χ1v) is 7.77. The van der Waals surface area contributed by atoms with E-state index in [-0.39, 0.29) is 5.75 Å². The van der Waals surface area contributed by atoms with E-state index in [4.69, 9.17) is 11.6 Å². The van der Waals surface area contributed by atoms with Gasteiger partial charge < -0.3 is 5.32 Å². The third-order valence-corrected chi connectivity index (χ3v) is 4.76. The molecule has 0 unspecified atom stereocenters. The Hall–Kier alpha value is -0.620. The topological polar surface area (TPSA) is 49.4 Å². The van der Waals surface area contributed by atoms with Crippen LogP contribution in [0.1, 0.15) is 12.0 Å². The van der Waals surface area contributed by atoms with E-state index in [0.717, 1.165) is 5.56 Å². The Morgan fingerprint density at radius 3 is 2.44 bits per heavy atom. The molecule has 0 aromatic heterocycles. The van der Waals surface area contributed by atoms with Crippen LogP contribution >= 0.6 is 11.6 Å².